The maximum absolute atomic E-state index is 12.5. The Labute approximate surface area is 126 Å². The lowest BCUT2D eigenvalue weighted by Crippen LogP contribution is -2.50. The molecule has 1 amide bonds. The average molecular weight is 297 g/mol. The number of aliphatic carboxylic acids is 1. The quantitative estimate of drug-likeness (QED) is 0.815. The van der Waals surface area contributed by atoms with Crippen LogP contribution >= 0.6 is 0 Å². The number of carbonyl (C=O) groups excluding carboxylic acids is 1. The van der Waals surface area contributed by atoms with Crippen LogP contribution in [-0.4, -0.2) is 36.7 Å². The molecule has 120 valence electrons. The van der Waals surface area contributed by atoms with Crippen molar-refractivity contribution in [2.24, 2.45) is 16.7 Å². The summed E-state index contributed by atoms with van der Waals surface area (Å²) in [6.45, 7) is 5.08. The average Bonchev–Trinajstić information content (AvgIpc) is 3.00. The maximum atomic E-state index is 12.5. The number of amides is 1. The second kappa shape index (κ2) is 6.34. The third-order valence-electron chi connectivity index (χ3n) is 5.45. The van der Waals surface area contributed by atoms with Gasteiger partial charge in [-0.25, -0.2) is 0 Å². The molecule has 1 aliphatic heterocycles. The first-order valence-corrected chi connectivity index (χ1v) is 7.98. The Morgan fingerprint density at radius 2 is 1.81 bits per heavy atom. The van der Waals surface area contributed by atoms with Crippen molar-refractivity contribution in [1.29, 1.82) is 0 Å². The van der Waals surface area contributed by atoms with Gasteiger partial charge in [0.05, 0.1) is 5.41 Å². The second-order valence-electron chi connectivity index (χ2n) is 7.08. The van der Waals surface area contributed by atoms with Gasteiger partial charge in [-0.15, -0.1) is 0 Å². The van der Waals surface area contributed by atoms with Crippen molar-refractivity contribution < 1.29 is 19.4 Å². The highest BCUT2D eigenvalue weighted by molar-refractivity contribution is 5.83. The number of carbonyl (C=O) groups is 2. The number of carboxylic acids is 1. The molecule has 5 heteroatoms. The van der Waals surface area contributed by atoms with Gasteiger partial charge in [-0.1, -0.05) is 26.7 Å². The Kier molecular flexibility index (Phi) is 4.91. The molecule has 2 fully saturated rings. The molecule has 0 radical (unpaired) electrons. The highest BCUT2D eigenvalue weighted by atomic mass is 16.5. The van der Waals surface area contributed by atoms with E-state index in [-0.39, 0.29) is 12.5 Å². The maximum Gasteiger partial charge on any atom is 0.311 e. The van der Waals surface area contributed by atoms with Crippen molar-refractivity contribution >= 4 is 11.9 Å². The van der Waals surface area contributed by atoms with Gasteiger partial charge in [0.15, 0.2) is 0 Å². The zero-order valence-electron chi connectivity index (χ0n) is 13.1. The molecule has 1 saturated heterocycles. The summed E-state index contributed by atoms with van der Waals surface area (Å²) in [7, 11) is 0. The minimum atomic E-state index is -0.861. The van der Waals surface area contributed by atoms with E-state index in [9.17, 15) is 14.7 Å². The number of hydrogen-bond donors (Lipinski definition) is 2. The van der Waals surface area contributed by atoms with E-state index in [1.54, 1.807) is 0 Å². The van der Waals surface area contributed by atoms with Gasteiger partial charge in [0.2, 0.25) is 5.91 Å². The molecule has 2 rings (SSSR count). The van der Waals surface area contributed by atoms with Gasteiger partial charge >= 0.3 is 5.97 Å². The first kappa shape index (κ1) is 16.3. The predicted octanol–water partition coefficient (Wildman–Crippen LogP) is 2.20. The lowest BCUT2D eigenvalue weighted by atomic mass is 9.76. The standard InChI is InChI=1S/C16H27NO4/c1-15(2,12-5-3-4-6-12)13(18)17-11-16(14(19)20)7-9-21-10-8-16/h12H,3-11H2,1-2H3,(H,17,18)(H,19,20). The second-order valence-corrected chi connectivity index (χ2v) is 7.08. The molecular formula is C16H27NO4. The molecule has 0 aromatic rings. The largest absolute Gasteiger partial charge is 0.481 e. The van der Waals surface area contributed by atoms with E-state index >= 15 is 0 Å². The molecule has 0 unspecified atom stereocenters. The Morgan fingerprint density at radius 1 is 1.24 bits per heavy atom. The third kappa shape index (κ3) is 3.39. The Balaban J connectivity index is 1.96. The molecule has 21 heavy (non-hydrogen) atoms. The predicted molar refractivity (Wildman–Crippen MR) is 78.9 cm³/mol. The molecular weight excluding hydrogens is 270 g/mol. The van der Waals surface area contributed by atoms with E-state index in [0.29, 0.717) is 32.0 Å². The monoisotopic (exact) mass is 297 g/mol. The van der Waals surface area contributed by atoms with Crippen molar-refractivity contribution in [1.82, 2.24) is 5.32 Å². The number of ether oxygens (including phenoxy) is 1. The SMILES string of the molecule is CC(C)(C(=O)NCC1(C(=O)O)CCOCC1)C1CCCC1. The highest BCUT2D eigenvalue weighted by Gasteiger charge is 2.43. The fourth-order valence-corrected chi connectivity index (χ4v) is 3.54. The fourth-order valence-electron chi connectivity index (χ4n) is 3.54. The van der Waals surface area contributed by atoms with E-state index in [2.05, 4.69) is 5.32 Å². The summed E-state index contributed by atoms with van der Waals surface area (Å²) in [6.07, 6.45) is 5.51. The summed E-state index contributed by atoms with van der Waals surface area (Å²) in [5.41, 5.74) is -1.28. The van der Waals surface area contributed by atoms with Crippen LogP contribution in [0.3, 0.4) is 0 Å². The fraction of sp³-hybridized carbons (Fsp3) is 0.875. The van der Waals surface area contributed by atoms with Gasteiger partial charge < -0.3 is 15.2 Å². The van der Waals surface area contributed by atoms with E-state index < -0.39 is 16.8 Å². The molecule has 0 atom stereocenters. The summed E-state index contributed by atoms with van der Waals surface area (Å²) in [5.74, 6) is -0.431. The third-order valence-corrected chi connectivity index (χ3v) is 5.45. The molecule has 1 heterocycles. The Bertz CT molecular complexity index is 393. The van der Waals surface area contributed by atoms with Gasteiger partial charge in [-0.2, -0.15) is 0 Å². The lowest BCUT2D eigenvalue weighted by molar-refractivity contribution is -0.155. The van der Waals surface area contributed by atoms with Crippen molar-refractivity contribution in [2.45, 2.75) is 52.4 Å². The zero-order chi connectivity index (χ0) is 15.5. The minimum Gasteiger partial charge on any atom is -0.481 e. The van der Waals surface area contributed by atoms with E-state index in [1.807, 2.05) is 13.8 Å². The minimum absolute atomic E-state index is 0.0125. The van der Waals surface area contributed by atoms with E-state index in [1.165, 1.54) is 12.8 Å². The molecule has 2 N–H and O–H groups in total. The van der Waals surface area contributed by atoms with Crippen LogP contribution in [0.15, 0.2) is 0 Å². The van der Waals surface area contributed by atoms with Gasteiger partial charge in [0, 0.05) is 25.2 Å². The normalized spacial score (nSPS) is 23.0. The zero-order valence-corrected chi connectivity index (χ0v) is 13.1. The molecule has 1 saturated carbocycles. The molecule has 5 nitrogen and oxygen atoms in total. The van der Waals surface area contributed by atoms with Gasteiger partial charge in [0.1, 0.15) is 0 Å². The van der Waals surface area contributed by atoms with E-state index in [4.69, 9.17) is 4.74 Å². The number of rotatable bonds is 5. The topological polar surface area (TPSA) is 75.6 Å². The summed E-state index contributed by atoms with van der Waals surface area (Å²) in [4.78, 5) is 24.1. The Hall–Kier alpha value is -1.10. The lowest BCUT2D eigenvalue weighted by Gasteiger charge is -2.36. The van der Waals surface area contributed by atoms with Crippen molar-refractivity contribution in [3.05, 3.63) is 0 Å². The molecule has 0 spiro atoms. The van der Waals surface area contributed by atoms with Crippen LogP contribution in [0.2, 0.25) is 0 Å². The van der Waals surface area contributed by atoms with E-state index in [0.717, 1.165) is 12.8 Å². The Morgan fingerprint density at radius 3 is 2.33 bits per heavy atom. The summed E-state index contributed by atoms with van der Waals surface area (Å²) < 4.78 is 5.25. The number of hydrogen-bond acceptors (Lipinski definition) is 3. The van der Waals surface area contributed by atoms with Crippen LogP contribution in [0.5, 0.6) is 0 Å². The van der Waals surface area contributed by atoms with Crippen LogP contribution < -0.4 is 5.32 Å². The first-order valence-electron chi connectivity index (χ1n) is 7.98. The summed E-state index contributed by atoms with van der Waals surface area (Å²) >= 11 is 0. The van der Waals surface area contributed by atoms with Gasteiger partial charge in [0.25, 0.3) is 0 Å². The molecule has 0 bridgehead atoms. The van der Waals surface area contributed by atoms with Crippen molar-refractivity contribution in [3.8, 4) is 0 Å². The first-order chi connectivity index (χ1) is 9.88. The summed E-state index contributed by atoms with van der Waals surface area (Å²) in [6, 6.07) is 0. The molecule has 1 aliphatic carbocycles. The van der Waals surface area contributed by atoms with Crippen LogP contribution in [0.25, 0.3) is 0 Å². The van der Waals surface area contributed by atoms with Crippen molar-refractivity contribution in [2.75, 3.05) is 19.8 Å². The van der Waals surface area contributed by atoms with Crippen LogP contribution in [0, 0.1) is 16.7 Å². The number of nitrogens with one attached hydrogen (secondary N) is 1. The van der Waals surface area contributed by atoms with Crippen molar-refractivity contribution in [3.63, 3.8) is 0 Å². The van der Waals surface area contributed by atoms with Crippen LogP contribution in [0.4, 0.5) is 0 Å². The van der Waals surface area contributed by atoms with Crippen LogP contribution in [-0.2, 0) is 14.3 Å². The number of carboxylic acid groups (broad SMARTS) is 1. The summed E-state index contributed by atoms with van der Waals surface area (Å²) in [5, 5.41) is 12.4. The van der Waals surface area contributed by atoms with Crippen LogP contribution in [0.1, 0.15) is 52.4 Å². The van der Waals surface area contributed by atoms with Gasteiger partial charge in [-0.3, -0.25) is 9.59 Å². The smallest absolute Gasteiger partial charge is 0.311 e. The molecule has 0 aromatic carbocycles. The van der Waals surface area contributed by atoms with Gasteiger partial charge in [-0.05, 0) is 31.6 Å². The molecule has 0 aromatic heterocycles. The molecule has 2 aliphatic rings. The highest BCUT2D eigenvalue weighted by Crippen LogP contribution is 2.40.